The highest BCUT2D eigenvalue weighted by Crippen LogP contribution is 2.34. The van der Waals surface area contributed by atoms with Gasteiger partial charge in [0.15, 0.2) is 0 Å². The van der Waals surface area contributed by atoms with Crippen molar-refractivity contribution in [2.45, 2.75) is 43.7 Å². The maximum absolute atomic E-state index is 13.1. The normalized spacial score (nSPS) is 21.4. The molecule has 1 aliphatic heterocycles. The zero-order chi connectivity index (χ0) is 24.7. The van der Waals surface area contributed by atoms with Crippen LogP contribution in [0, 0.1) is 0 Å². The van der Waals surface area contributed by atoms with Crippen molar-refractivity contribution in [1.82, 2.24) is 20.5 Å². The molecule has 3 atom stereocenters. The van der Waals surface area contributed by atoms with Gasteiger partial charge in [0.25, 0.3) is 0 Å². The first-order valence-electron chi connectivity index (χ1n) is 12.7. The first-order valence-corrected chi connectivity index (χ1v) is 12.7. The summed E-state index contributed by atoms with van der Waals surface area (Å²) >= 11 is 0. The lowest BCUT2D eigenvalue weighted by Gasteiger charge is -2.35. The van der Waals surface area contributed by atoms with E-state index in [-0.39, 0.29) is 29.9 Å². The monoisotopic (exact) mass is 483 g/mol. The number of nitrogens with one attached hydrogen (secondary N) is 3. The number of carbonyl (C=O) groups excluding carboxylic acids is 2. The van der Waals surface area contributed by atoms with Crippen molar-refractivity contribution >= 4 is 17.6 Å². The van der Waals surface area contributed by atoms with Crippen LogP contribution in [0.15, 0.2) is 79.1 Å². The Labute approximate surface area is 212 Å². The molecular formula is C29H33N5O2. The van der Waals surface area contributed by atoms with Crippen molar-refractivity contribution < 1.29 is 9.59 Å². The van der Waals surface area contributed by atoms with Crippen LogP contribution in [-0.2, 0) is 17.6 Å². The highest BCUT2D eigenvalue weighted by Gasteiger charge is 2.32. The minimum atomic E-state index is -0.211. The van der Waals surface area contributed by atoms with Gasteiger partial charge in [-0.2, -0.15) is 0 Å². The molecule has 0 bridgehead atoms. The van der Waals surface area contributed by atoms with Gasteiger partial charge in [0.1, 0.15) is 0 Å². The van der Waals surface area contributed by atoms with E-state index in [1.54, 1.807) is 6.20 Å². The van der Waals surface area contributed by atoms with Crippen LogP contribution in [0.25, 0.3) is 0 Å². The van der Waals surface area contributed by atoms with Crippen molar-refractivity contribution in [1.29, 1.82) is 0 Å². The Kier molecular flexibility index (Phi) is 7.57. The minimum Gasteiger partial charge on any atom is -0.352 e. The zero-order valence-corrected chi connectivity index (χ0v) is 20.4. The number of fused-ring (bicyclic) bond motifs is 1. The molecule has 1 saturated heterocycles. The van der Waals surface area contributed by atoms with Gasteiger partial charge in [-0.15, -0.1) is 0 Å². The lowest BCUT2D eigenvalue weighted by Crippen LogP contribution is -2.47. The summed E-state index contributed by atoms with van der Waals surface area (Å²) in [5.41, 5.74) is 4.65. The Hall–Kier alpha value is -3.71. The van der Waals surface area contributed by atoms with E-state index in [4.69, 9.17) is 0 Å². The topological polar surface area (TPSA) is 86.4 Å². The maximum Gasteiger partial charge on any atom is 0.319 e. The summed E-state index contributed by atoms with van der Waals surface area (Å²) in [6.07, 6.45) is 7.29. The second-order valence-corrected chi connectivity index (χ2v) is 9.77. The fourth-order valence-corrected chi connectivity index (χ4v) is 5.47. The molecule has 0 spiro atoms. The van der Waals surface area contributed by atoms with Crippen molar-refractivity contribution in [2.75, 3.05) is 25.0 Å². The summed E-state index contributed by atoms with van der Waals surface area (Å²) in [4.78, 5) is 31.8. The van der Waals surface area contributed by atoms with E-state index in [2.05, 4.69) is 56.2 Å². The van der Waals surface area contributed by atoms with Crippen LogP contribution < -0.4 is 16.0 Å². The molecule has 0 radical (unpaired) electrons. The molecule has 1 aromatic heterocycles. The molecular weight excluding hydrogens is 450 g/mol. The summed E-state index contributed by atoms with van der Waals surface area (Å²) in [6, 6.07) is 22.0. The summed E-state index contributed by atoms with van der Waals surface area (Å²) in [5.74, 6) is 0.266. The van der Waals surface area contributed by atoms with Crippen LogP contribution in [0.5, 0.6) is 0 Å². The third-order valence-electron chi connectivity index (χ3n) is 7.20. The maximum atomic E-state index is 13.1. The van der Waals surface area contributed by atoms with Gasteiger partial charge in [-0.1, -0.05) is 48.5 Å². The first kappa shape index (κ1) is 24.0. The van der Waals surface area contributed by atoms with Crippen molar-refractivity contribution in [2.24, 2.45) is 0 Å². The Bertz CT molecular complexity index is 1170. The Morgan fingerprint density at radius 2 is 1.78 bits per heavy atom. The van der Waals surface area contributed by atoms with Crippen LogP contribution >= 0.6 is 0 Å². The number of para-hydroxylation sites is 1. The van der Waals surface area contributed by atoms with E-state index in [0.717, 1.165) is 37.9 Å². The SMILES string of the molecule is O=C(CN1CCC(NC(=O)Nc2ccccc2)C1)NC1CCc2ccccc2C1Cc1cccnc1. The molecule has 3 N–H and O–H groups in total. The number of benzene rings is 2. The van der Waals surface area contributed by atoms with Gasteiger partial charge in [-0.05, 0) is 60.6 Å². The average Bonchev–Trinajstić information content (AvgIpc) is 3.32. The summed E-state index contributed by atoms with van der Waals surface area (Å²) in [6.45, 7) is 1.80. The lowest BCUT2D eigenvalue weighted by molar-refractivity contribution is -0.123. The second-order valence-electron chi connectivity index (χ2n) is 9.77. The Morgan fingerprint density at radius 1 is 0.944 bits per heavy atom. The largest absolute Gasteiger partial charge is 0.352 e. The van der Waals surface area contributed by atoms with E-state index >= 15 is 0 Å². The molecule has 7 nitrogen and oxygen atoms in total. The number of amides is 3. The fourth-order valence-electron chi connectivity index (χ4n) is 5.47. The van der Waals surface area contributed by atoms with Gasteiger partial charge in [-0.3, -0.25) is 14.7 Å². The van der Waals surface area contributed by atoms with Crippen molar-refractivity contribution in [3.05, 3.63) is 95.8 Å². The Morgan fingerprint density at radius 3 is 2.61 bits per heavy atom. The predicted octanol–water partition coefficient (Wildman–Crippen LogP) is 3.73. The molecule has 5 rings (SSSR count). The quantitative estimate of drug-likeness (QED) is 0.478. The van der Waals surface area contributed by atoms with E-state index in [1.165, 1.54) is 16.7 Å². The lowest BCUT2D eigenvalue weighted by atomic mass is 9.76. The van der Waals surface area contributed by atoms with Gasteiger partial charge in [0, 0.05) is 49.2 Å². The van der Waals surface area contributed by atoms with Gasteiger partial charge in [0.05, 0.1) is 6.54 Å². The molecule has 3 unspecified atom stereocenters. The van der Waals surface area contributed by atoms with Crippen LogP contribution in [0.2, 0.25) is 0 Å². The molecule has 2 heterocycles. The number of anilines is 1. The van der Waals surface area contributed by atoms with Crippen LogP contribution in [0.4, 0.5) is 10.5 Å². The smallest absolute Gasteiger partial charge is 0.319 e. The first-order chi connectivity index (χ1) is 17.6. The third kappa shape index (κ3) is 6.10. The van der Waals surface area contributed by atoms with Gasteiger partial charge in [0.2, 0.25) is 5.91 Å². The number of rotatable bonds is 7. The van der Waals surface area contributed by atoms with E-state index in [1.807, 2.05) is 42.6 Å². The van der Waals surface area contributed by atoms with Crippen molar-refractivity contribution in [3.63, 3.8) is 0 Å². The molecule has 7 heteroatoms. The minimum absolute atomic E-state index is 0.0291. The number of urea groups is 1. The Balaban J connectivity index is 1.15. The molecule has 3 amide bonds. The van der Waals surface area contributed by atoms with Crippen LogP contribution in [0.1, 0.15) is 35.4 Å². The van der Waals surface area contributed by atoms with Crippen LogP contribution in [-0.4, -0.2) is 53.5 Å². The molecule has 2 aliphatic rings. The van der Waals surface area contributed by atoms with Gasteiger partial charge >= 0.3 is 6.03 Å². The highest BCUT2D eigenvalue weighted by molar-refractivity contribution is 5.89. The number of carbonyl (C=O) groups is 2. The molecule has 1 aliphatic carbocycles. The number of pyridine rings is 1. The molecule has 36 heavy (non-hydrogen) atoms. The third-order valence-corrected chi connectivity index (χ3v) is 7.20. The molecule has 3 aromatic rings. The van der Waals surface area contributed by atoms with Gasteiger partial charge in [-0.25, -0.2) is 4.79 Å². The predicted molar refractivity (Wildman–Crippen MR) is 141 cm³/mol. The molecule has 1 fully saturated rings. The number of hydrogen-bond acceptors (Lipinski definition) is 4. The van der Waals surface area contributed by atoms with Gasteiger partial charge < -0.3 is 16.0 Å². The van der Waals surface area contributed by atoms with E-state index < -0.39 is 0 Å². The number of aromatic nitrogens is 1. The summed E-state index contributed by atoms with van der Waals surface area (Å²) in [5, 5.41) is 9.23. The number of likely N-dealkylation sites (tertiary alicyclic amines) is 1. The summed E-state index contributed by atoms with van der Waals surface area (Å²) in [7, 11) is 0. The fraction of sp³-hybridized carbons (Fsp3) is 0.345. The molecule has 0 saturated carbocycles. The molecule has 2 aromatic carbocycles. The summed E-state index contributed by atoms with van der Waals surface area (Å²) < 4.78 is 0. The molecule has 186 valence electrons. The zero-order valence-electron chi connectivity index (χ0n) is 20.4. The number of hydrogen-bond donors (Lipinski definition) is 3. The van der Waals surface area contributed by atoms with E-state index in [9.17, 15) is 9.59 Å². The number of nitrogens with zero attached hydrogens (tertiary/aromatic N) is 2. The second kappa shape index (κ2) is 11.4. The van der Waals surface area contributed by atoms with Crippen LogP contribution in [0.3, 0.4) is 0 Å². The standard InChI is InChI=1S/C29H33N5O2/c35-28(20-34-16-14-24(19-34)32-29(36)31-23-9-2-1-3-10-23)33-27-13-12-22-8-4-5-11-25(22)26(27)17-21-7-6-15-30-18-21/h1-11,15,18,24,26-27H,12-14,16-17,19-20H2,(H,33,35)(H2,31,32,36). The highest BCUT2D eigenvalue weighted by atomic mass is 16.2. The number of aryl methyl sites for hydroxylation is 1. The average molecular weight is 484 g/mol. The van der Waals surface area contributed by atoms with Crippen molar-refractivity contribution in [3.8, 4) is 0 Å². The van der Waals surface area contributed by atoms with E-state index in [0.29, 0.717) is 13.1 Å².